The summed E-state index contributed by atoms with van der Waals surface area (Å²) in [5.41, 5.74) is 2.04. The molecule has 0 aliphatic carbocycles. The number of likely N-dealkylation sites (tertiary alicyclic amines) is 1. The quantitative estimate of drug-likeness (QED) is 0.842. The van der Waals surface area contributed by atoms with E-state index in [1.807, 2.05) is 6.07 Å². The topological polar surface area (TPSA) is 65.4 Å². The predicted octanol–water partition coefficient (Wildman–Crippen LogP) is 2.67. The summed E-state index contributed by atoms with van der Waals surface area (Å²) in [6, 6.07) is 7.83. The van der Waals surface area contributed by atoms with Gasteiger partial charge in [0, 0.05) is 37.8 Å². The summed E-state index contributed by atoms with van der Waals surface area (Å²) in [6.07, 6.45) is 3.30. The lowest BCUT2D eigenvalue weighted by Crippen LogP contribution is -2.41. The van der Waals surface area contributed by atoms with Crippen molar-refractivity contribution in [2.45, 2.75) is 32.2 Å². The smallest absolute Gasteiger partial charge is 0.159 e. The van der Waals surface area contributed by atoms with Gasteiger partial charge in [-0.25, -0.2) is 0 Å². The van der Waals surface area contributed by atoms with Gasteiger partial charge in [-0.3, -0.25) is 4.79 Å². The number of piperidine rings is 1. The Morgan fingerprint density at radius 3 is 2.79 bits per heavy atom. The minimum absolute atomic E-state index is 0.0242. The molecule has 0 bridgehead atoms. The number of carbonyl (C=O) groups is 1. The van der Waals surface area contributed by atoms with Crippen LogP contribution in [0, 0.1) is 17.2 Å². The molecule has 0 amide bonds. The van der Waals surface area contributed by atoms with Crippen molar-refractivity contribution in [2.75, 3.05) is 38.2 Å². The van der Waals surface area contributed by atoms with E-state index < -0.39 is 0 Å². The maximum Gasteiger partial charge on any atom is 0.159 e. The van der Waals surface area contributed by atoms with Crippen LogP contribution in [0.2, 0.25) is 0 Å². The molecular weight excluding hydrogens is 302 g/mol. The fourth-order valence-electron chi connectivity index (χ4n) is 3.55. The molecule has 0 radical (unpaired) electrons. The van der Waals surface area contributed by atoms with Gasteiger partial charge in [0.2, 0.25) is 0 Å². The van der Waals surface area contributed by atoms with Gasteiger partial charge in [0.25, 0.3) is 0 Å². The number of anilines is 1. The third-order valence-corrected chi connectivity index (χ3v) is 5.03. The molecule has 2 heterocycles. The summed E-state index contributed by atoms with van der Waals surface area (Å²) in [5.74, 6) is 0.711. The van der Waals surface area contributed by atoms with Crippen LogP contribution in [0.25, 0.3) is 0 Å². The van der Waals surface area contributed by atoms with Crippen LogP contribution in [0.4, 0.5) is 5.69 Å². The first-order chi connectivity index (χ1) is 11.7. The highest BCUT2D eigenvalue weighted by Crippen LogP contribution is 2.23. The highest BCUT2D eigenvalue weighted by Gasteiger charge is 2.24. The highest BCUT2D eigenvalue weighted by molar-refractivity contribution is 5.95. The molecule has 0 aromatic heterocycles. The van der Waals surface area contributed by atoms with E-state index in [-0.39, 0.29) is 5.78 Å². The first-order valence-electron chi connectivity index (χ1n) is 8.77. The van der Waals surface area contributed by atoms with E-state index in [1.165, 1.54) is 6.42 Å². The van der Waals surface area contributed by atoms with Gasteiger partial charge in [0.15, 0.2) is 5.78 Å². The summed E-state index contributed by atoms with van der Waals surface area (Å²) < 4.78 is 5.46. The molecular formula is C19H25N3O2. The Kier molecular flexibility index (Phi) is 5.49. The molecule has 3 rings (SSSR count). The summed E-state index contributed by atoms with van der Waals surface area (Å²) in [5, 5.41) is 12.8. The van der Waals surface area contributed by atoms with E-state index in [2.05, 4.69) is 16.3 Å². The Morgan fingerprint density at radius 2 is 2.17 bits per heavy atom. The average molecular weight is 327 g/mol. The van der Waals surface area contributed by atoms with Crippen LogP contribution in [0.3, 0.4) is 0 Å². The van der Waals surface area contributed by atoms with Gasteiger partial charge in [-0.1, -0.05) is 0 Å². The molecule has 1 aromatic carbocycles. The summed E-state index contributed by atoms with van der Waals surface area (Å²) in [4.78, 5) is 14.1. The van der Waals surface area contributed by atoms with Crippen molar-refractivity contribution in [2.24, 2.45) is 5.92 Å². The number of rotatable bonds is 5. The van der Waals surface area contributed by atoms with Crippen molar-refractivity contribution in [3.05, 3.63) is 29.3 Å². The molecule has 1 atom stereocenters. The van der Waals surface area contributed by atoms with Gasteiger partial charge in [-0.2, -0.15) is 5.26 Å². The maximum absolute atomic E-state index is 11.6. The Morgan fingerprint density at radius 1 is 1.38 bits per heavy atom. The lowest BCUT2D eigenvalue weighted by Gasteiger charge is -2.34. The standard InChI is InChI=1S/C19H25N3O2/c1-14(23)16-2-3-17(11-20)19(10-16)21-18-4-7-22(8-5-18)12-15-6-9-24-13-15/h2-3,10,15,18,21H,4-9,12-13H2,1H3. The van der Waals surface area contributed by atoms with Crippen LogP contribution in [0.5, 0.6) is 0 Å². The van der Waals surface area contributed by atoms with E-state index in [0.717, 1.165) is 51.4 Å². The monoisotopic (exact) mass is 327 g/mol. The van der Waals surface area contributed by atoms with Gasteiger partial charge >= 0.3 is 0 Å². The number of hydrogen-bond donors (Lipinski definition) is 1. The van der Waals surface area contributed by atoms with Crippen molar-refractivity contribution < 1.29 is 9.53 Å². The molecule has 1 aromatic rings. The molecule has 0 spiro atoms. The zero-order valence-electron chi connectivity index (χ0n) is 14.3. The van der Waals surface area contributed by atoms with Gasteiger partial charge in [-0.15, -0.1) is 0 Å². The Labute approximate surface area is 143 Å². The molecule has 1 unspecified atom stereocenters. The van der Waals surface area contributed by atoms with Crippen molar-refractivity contribution in [1.82, 2.24) is 4.90 Å². The molecule has 2 fully saturated rings. The number of ether oxygens (including phenoxy) is 1. The number of Topliss-reactive ketones (excluding diaryl/α,β-unsaturated/α-hetero) is 1. The van der Waals surface area contributed by atoms with Crippen molar-refractivity contribution in [3.63, 3.8) is 0 Å². The number of nitrogens with one attached hydrogen (secondary N) is 1. The molecule has 5 nitrogen and oxygen atoms in total. The molecule has 0 saturated carbocycles. The van der Waals surface area contributed by atoms with Gasteiger partial charge < -0.3 is 15.0 Å². The first-order valence-corrected chi connectivity index (χ1v) is 8.77. The Hall–Kier alpha value is -1.90. The normalized spacial score (nSPS) is 22.2. The molecule has 128 valence electrons. The fraction of sp³-hybridized carbons (Fsp3) is 0.579. The zero-order chi connectivity index (χ0) is 16.9. The SMILES string of the molecule is CC(=O)c1ccc(C#N)c(NC2CCN(CC3CCOC3)CC2)c1. The number of carbonyl (C=O) groups excluding carboxylic acids is 1. The Balaban J connectivity index is 1.56. The second kappa shape index (κ2) is 7.78. The first kappa shape index (κ1) is 16.9. The van der Waals surface area contributed by atoms with E-state index in [4.69, 9.17) is 4.74 Å². The summed E-state index contributed by atoms with van der Waals surface area (Å²) in [7, 11) is 0. The highest BCUT2D eigenvalue weighted by atomic mass is 16.5. The Bertz CT molecular complexity index is 624. The molecule has 2 aliphatic heterocycles. The largest absolute Gasteiger partial charge is 0.381 e. The lowest BCUT2D eigenvalue weighted by atomic mass is 10.0. The van der Waals surface area contributed by atoms with Crippen molar-refractivity contribution in [3.8, 4) is 6.07 Å². The minimum Gasteiger partial charge on any atom is -0.381 e. The predicted molar refractivity (Wildman–Crippen MR) is 93.2 cm³/mol. The van der Waals surface area contributed by atoms with Gasteiger partial charge in [-0.05, 0) is 50.3 Å². The summed E-state index contributed by atoms with van der Waals surface area (Å²) >= 11 is 0. The molecule has 1 N–H and O–H groups in total. The molecule has 2 saturated heterocycles. The van der Waals surface area contributed by atoms with Crippen LogP contribution >= 0.6 is 0 Å². The average Bonchev–Trinajstić information content (AvgIpc) is 3.09. The van der Waals surface area contributed by atoms with Gasteiger partial charge in [0.05, 0.1) is 17.9 Å². The van der Waals surface area contributed by atoms with E-state index in [0.29, 0.717) is 23.1 Å². The molecule has 24 heavy (non-hydrogen) atoms. The maximum atomic E-state index is 11.6. The van der Waals surface area contributed by atoms with E-state index in [1.54, 1.807) is 19.1 Å². The van der Waals surface area contributed by atoms with E-state index in [9.17, 15) is 10.1 Å². The van der Waals surface area contributed by atoms with Crippen LogP contribution < -0.4 is 5.32 Å². The van der Waals surface area contributed by atoms with Gasteiger partial charge in [0.1, 0.15) is 6.07 Å². The zero-order valence-corrected chi connectivity index (χ0v) is 14.3. The van der Waals surface area contributed by atoms with Crippen LogP contribution in [0.1, 0.15) is 42.1 Å². The van der Waals surface area contributed by atoms with Crippen molar-refractivity contribution >= 4 is 11.5 Å². The third kappa shape index (κ3) is 4.14. The second-order valence-corrected chi connectivity index (χ2v) is 6.88. The number of hydrogen-bond acceptors (Lipinski definition) is 5. The molecule has 2 aliphatic rings. The third-order valence-electron chi connectivity index (χ3n) is 5.03. The van der Waals surface area contributed by atoms with E-state index >= 15 is 0 Å². The number of nitriles is 1. The number of ketones is 1. The fourth-order valence-corrected chi connectivity index (χ4v) is 3.55. The van der Waals surface area contributed by atoms with Crippen LogP contribution in [-0.2, 0) is 4.74 Å². The van der Waals surface area contributed by atoms with Crippen LogP contribution in [-0.4, -0.2) is 49.6 Å². The molecule has 5 heteroatoms. The van der Waals surface area contributed by atoms with Crippen LogP contribution in [0.15, 0.2) is 18.2 Å². The second-order valence-electron chi connectivity index (χ2n) is 6.88. The number of benzene rings is 1. The lowest BCUT2D eigenvalue weighted by molar-refractivity contribution is 0.101. The minimum atomic E-state index is 0.0242. The van der Waals surface area contributed by atoms with Crippen molar-refractivity contribution in [1.29, 1.82) is 5.26 Å². The number of nitrogens with zero attached hydrogens (tertiary/aromatic N) is 2. The summed E-state index contributed by atoms with van der Waals surface area (Å²) in [6.45, 7) is 6.64.